The summed E-state index contributed by atoms with van der Waals surface area (Å²) < 4.78 is 10.2. The molecule has 2 N–H and O–H groups in total. The number of hydrogen-bond donors (Lipinski definition) is 2. The first-order valence-corrected chi connectivity index (χ1v) is 9.24. The number of ether oxygens (including phenoxy) is 2. The van der Waals surface area contributed by atoms with Gasteiger partial charge in [0, 0.05) is 29.2 Å². The molecule has 0 fully saturated rings. The molecule has 1 aromatic heterocycles. The van der Waals surface area contributed by atoms with Crippen molar-refractivity contribution in [2.24, 2.45) is 0 Å². The van der Waals surface area contributed by atoms with Gasteiger partial charge in [-0.1, -0.05) is 30.3 Å². The number of carbonyl (C=O) groups is 3. The summed E-state index contributed by atoms with van der Waals surface area (Å²) in [5.41, 5.74) is 2.65. The second kappa shape index (κ2) is 9.54. The SMILES string of the molecule is CC(=O)c1cccc(OCC(=O)OCC(=O)NCCc2c[nH]c3ccccc23)c1. The molecule has 0 saturated carbocycles. The van der Waals surface area contributed by atoms with Gasteiger partial charge in [0.05, 0.1) is 0 Å². The number of para-hydroxylation sites is 1. The summed E-state index contributed by atoms with van der Waals surface area (Å²) in [4.78, 5) is 38.1. The molecule has 7 heteroatoms. The van der Waals surface area contributed by atoms with Crippen molar-refractivity contribution in [1.82, 2.24) is 10.3 Å². The van der Waals surface area contributed by atoms with Gasteiger partial charge >= 0.3 is 5.97 Å². The molecule has 0 spiro atoms. The van der Waals surface area contributed by atoms with Crippen molar-refractivity contribution < 1.29 is 23.9 Å². The molecule has 0 aliphatic rings. The number of amides is 1. The van der Waals surface area contributed by atoms with Gasteiger partial charge in [0.2, 0.25) is 0 Å². The van der Waals surface area contributed by atoms with E-state index in [1.165, 1.54) is 6.92 Å². The zero-order valence-electron chi connectivity index (χ0n) is 16.1. The van der Waals surface area contributed by atoms with Crippen molar-refractivity contribution in [2.75, 3.05) is 19.8 Å². The molecule has 7 nitrogen and oxygen atoms in total. The molecule has 2 aromatic carbocycles. The van der Waals surface area contributed by atoms with Crippen LogP contribution in [-0.4, -0.2) is 42.4 Å². The summed E-state index contributed by atoms with van der Waals surface area (Å²) in [6, 6.07) is 14.5. The van der Waals surface area contributed by atoms with Crippen LogP contribution in [0.4, 0.5) is 0 Å². The molecule has 1 heterocycles. The summed E-state index contributed by atoms with van der Waals surface area (Å²) >= 11 is 0. The van der Waals surface area contributed by atoms with Gasteiger partial charge in [-0.3, -0.25) is 9.59 Å². The number of aromatic amines is 1. The fourth-order valence-electron chi connectivity index (χ4n) is 2.86. The van der Waals surface area contributed by atoms with Crippen LogP contribution in [0.2, 0.25) is 0 Å². The maximum atomic E-state index is 11.9. The van der Waals surface area contributed by atoms with Crippen molar-refractivity contribution in [1.29, 1.82) is 0 Å². The Kier molecular flexibility index (Phi) is 6.63. The molecule has 29 heavy (non-hydrogen) atoms. The number of hydrogen-bond acceptors (Lipinski definition) is 5. The first-order valence-electron chi connectivity index (χ1n) is 9.24. The minimum Gasteiger partial charge on any atom is -0.482 e. The maximum absolute atomic E-state index is 11.9. The fourth-order valence-corrected chi connectivity index (χ4v) is 2.86. The zero-order chi connectivity index (χ0) is 20.6. The van der Waals surface area contributed by atoms with E-state index < -0.39 is 5.97 Å². The largest absolute Gasteiger partial charge is 0.482 e. The molecule has 3 aromatic rings. The average Bonchev–Trinajstić information content (AvgIpc) is 3.14. The smallest absolute Gasteiger partial charge is 0.344 e. The Labute approximate surface area is 168 Å². The lowest BCUT2D eigenvalue weighted by Crippen LogP contribution is -2.31. The Morgan fingerprint density at radius 2 is 1.86 bits per heavy atom. The molecule has 1 amide bonds. The van der Waals surface area contributed by atoms with Crippen molar-refractivity contribution in [2.45, 2.75) is 13.3 Å². The van der Waals surface area contributed by atoms with Gasteiger partial charge in [0.15, 0.2) is 19.0 Å². The Bertz CT molecular complexity index is 1020. The quantitative estimate of drug-likeness (QED) is 0.430. The monoisotopic (exact) mass is 394 g/mol. The van der Waals surface area contributed by atoms with E-state index in [-0.39, 0.29) is 24.9 Å². The van der Waals surface area contributed by atoms with E-state index in [4.69, 9.17) is 9.47 Å². The lowest BCUT2D eigenvalue weighted by molar-refractivity contribution is -0.150. The number of aromatic nitrogens is 1. The topological polar surface area (TPSA) is 97.5 Å². The highest BCUT2D eigenvalue weighted by atomic mass is 16.6. The average molecular weight is 394 g/mol. The van der Waals surface area contributed by atoms with Gasteiger partial charge in [-0.15, -0.1) is 0 Å². The molecule has 0 aliphatic heterocycles. The molecule has 0 aliphatic carbocycles. The molecule has 150 valence electrons. The second-order valence-corrected chi connectivity index (χ2v) is 6.49. The molecular formula is C22H22N2O5. The third-order valence-electron chi connectivity index (χ3n) is 4.35. The summed E-state index contributed by atoms with van der Waals surface area (Å²) in [7, 11) is 0. The third kappa shape index (κ3) is 5.68. The van der Waals surface area contributed by atoms with Crippen LogP contribution in [0.15, 0.2) is 54.7 Å². The van der Waals surface area contributed by atoms with E-state index in [0.717, 1.165) is 16.5 Å². The van der Waals surface area contributed by atoms with E-state index in [1.807, 2.05) is 30.5 Å². The summed E-state index contributed by atoms with van der Waals surface area (Å²) in [5, 5.41) is 3.85. The molecule has 0 saturated heterocycles. The van der Waals surface area contributed by atoms with E-state index >= 15 is 0 Å². The van der Waals surface area contributed by atoms with Crippen molar-refractivity contribution in [3.8, 4) is 5.75 Å². The van der Waals surface area contributed by atoms with Gasteiger partial charge < -0.3 is 19.8 Å². The van der Waals surface area contributed by atoms with Crippen LogP contribution in [-0.2, 0) is 20.7 Å². The van der Waals surface area contributed by atoms with E-state index in [0.29, 0.717) is 24.3 Å². The number of H-pyrrole nitrogens is 1. The Morgan fingerprint density at radius 3 is 2.69 bits per heavy atom. The van der Waals surface area contributed by atoms with Crippen LogP contribution in [0.3, 0.4) is 0 Å². The highest BCUT2D eigenvalue weighted by Gasteiger charge is 2.10. The molecule has 0 atom stereocenters. The Balaban J connectivity index is 1.36. The van der Waals surface area contributed by atoms with Gasteiger partial charge in [-0.25, -0.2) is 4.79 Å². The number of ketones is 1. The highest BCUT2D eigenvalue weighted by Crippen LogP contribution is 2.17. The van der Waals surface area contributed by atoms with Crippen LogP contribution in [0.25, 0.3) is 10.9 Å². The first-order chi connectivity index (χ1) is 14.0. The van der Waals surface area contributed by atoms with Crippen molar-refractivity contribution in [3.05, 3.63) is 65.9 Å². The third-order valence-corrected chi connectivity index (χ3v) is 4.35. The highest BCUT2D eigenvalue weighted by molar-refractivity contribution is 5.94. The minimum atomic E-state index is -0.662. The van der Waals surface area contributed by atoms with E-state index in [9.17, 15) is 14.4 Å². The standard InChI is InChI=1S/C22H22N2O5/c1-15(25)16-5-4-6-18(11-16)28-14-22(27)29-13-21(26)23-10-9-17-12-24-20-8-3-2-7-19(17)20/h2-8,11-12,24H,9-10,13-14H2,1H3,(H,23,26). The van der Waals surface area contributed by atoms with Crippen LogP contribution in [0.1, 0.15) is 22.8 Å². The van der Waals surface area contributed by atoms with Crippen LogP contribution < -0.4 is 10.1 Å². The number of carbonyl (C=O) groups excluding carboxylic acids is 3. The number of rotatable bonds is 9. The number of benzene rings is 2. The lowest BCUT2D eigenvalue weighted by atomic mass is 10.1. The normalized spacial score (nSPS) is 10.5. The van der Waals surface area contributed by atoms with Gasteiger partial charge in [-0.05, 0) is 37.1 Å². The van der Waals surface area contributed by atoms with Gasteiger partial charge in [0.1, 0.15) is 5.75 Å². The number of nitrogens with one attached hydrogen (secondary N) is 2. The summed E-state index contributed by atoms with van der Waals surface area (Å²) in [6.45, 7) is 1.17. The van der Waals surface area contributed by atoms with E-state index in [1.54, 1.807) is 24.3 Å². The minimum absolute atomic E-state index is 0.0951. The van der Waals surface area contributed by atoms with E-state index in [2.05, 4.69) is 10.3 Å². The number of esters is 1. The summed E-state index contributed by atoms with van der Waals surface area (Å²) in [5.74, 6) is -0.748. The maximum Gasteiger partial charge on any atom is 0.344 e. The van der Waals surface area contributed by atoms with Gasteiger partial charge in [0.25, 0.3) is 5.91 Å². The number of fused-ring (bicyclic) bond motifs is 1. The number of Topliss-reactive ketones (excluding diaryl/α,β-unsaturated/α-hetero) is 1. The van der Waals surface area contributed by atoms with Crippen LogP contribution in [0, 0.1) is 0 Å². The molecule has 3 rings (SSSR count). The second-order valence-electron chi connectivity index (χ2n) is 6.49. The van der Waals surface area contributed by atoms with Crippen molar-refractivity contribution >= 4 is 28.6 Å². The molecule has 0 radical (unpaired) electrons. The Hall–Kier alpha value is -3.61. The lowest BCUT2D eigenvalue weighted by Gasteiger charge is -2.08. The summed E-state index contributed by atoms with van der Waals surface area (Å²) in [6.07, 6.45) is 2.59. The zero-order valence-corrected chi connectivity index (χ0v) is 16.1. The first kappa shape index (κ1) is 20.1. The van der Waals surface area contributed by atoms with Gasteiger partial charge in [-0.2, -0.15) is 0 Å². The van der Waals surface area contributed by atoms with Crippen LogP contribution in [0.5, 0.6) is 5.75 Å². The fraction of sp³-hybridized carbons (Fsp3) is 0.227. The molecule has 0 unspecified atom stereocenters. The molecular weight excluding hydrogens is 372 g/mol. The predicted octanol–water partition coefficient (Wildman–Crippen LogP) is 2.65. The predicted molar refractivity (Wildman–Crippen MR) is 108 cm³/mol. The Morgan fingerprint density at radius 1 is 1.03 bits per heavy atom. The van der Waals surface area contributed by atoms with Crippen LogP contribution >= 0.6 is 0 Å². The molecule has 0 bridgehead atoms. The van der Waals surface area contributed by atoms with Crippen molar-refractivity contribution in [3.63, 3.8) is 0 Å².